The van der Waals surface area contributed by atoms with E-state index < -0.39 is 0 Å². The number of thiophene rings is 1. The molecule has 0 amide bonds. The zero-order valence-corrected chi connectivity index (χ0v) is 12.6. The molecule has 4 heteroatoms. The number of anilines is 1. The number of hydrogen-bond donors (Lipinski definition) is 2. The number of aliphatic hydroxyl groups is 1. The van der Waals surface area contributed by atoms with Crippen LogP contribution in [0.2, 0.25) is 0 Å². The largest absolute Gasteiger partial charge is 0.394 e. The Hall–Kier alpha value is -0.840. The van der Waals surface area contributed by atoms with Gasteiger partial charge in [-0.15, -0.1) is 11.3 Å². The van der Waals surface area contributed by atoms with Crippen molar-refractivity contribution >= 4 is 33.0 Å². The van der Waals surface area contributed by atoms with E-state index in [1.165, 1.54) is 9.75 Å². The molecular weight excluding hydrogens is 310 g/mol. The fourth-order valence-electron chi connectivity index (χ4n) is 1.76. The Bertz CT molecular complexity index is 512. The van der Waals surface area contributed by atoms with E-state index in [-0.39, 0.29) is 12.6 Å². The normalized spacial score (nSPS) is 12.4. The molecule has 0 spiro atoms. The Balaban J connectivity index is 2.14. The van der Waals surface area contributed by atoms with Crippen LogP contribution in [0.25, 0.3) is 0 Å². The standard InChI is InChI=1S/C14H16BrNOS/c1-2-12-6-7-14(18-12)13(9-17)16-11-5-3-4-10(15)8-11/h3-8,13,16-17H,2,9H2,1H3. The second-order valence-electron chi connectivity index (χ2n) is 4.05. The third-order valence-corrected chi connectivity index (χ3v) is 4.56. The molecule has 2 aromatic rings. The highest BCUT2D eigenvalue weighted by molar-refractivity contribution is 9.10. The first-order chi connectivity index (χ1) is 8.72. The molecule has 0 bridgehead atoms. The minimum Gasteiger partial charge on any atom is -0.394 e. The summed E-state index contributed by atoms with van der Waals surface area (Å²) in [7, 11) is 0. The maximum atomic E-state index is 9.52. The number of nitrogens with one attached hydrogen (secondary N) is 1. The van der Waals surface area contributed by atoms with Crippen LogP contribution in [0.1, 0.15) is 22.7 Å². The molecule has 96 valence electrons. The van der Waals surface area contributed by atoms with Crippen molar-refractivity contribution < 1.29 is 5.11 Å². The monoisotopic (exact) mass is 325 g/mol. The Labute approximate surface area is 120 Å². The van der Waals surface area contributed by atoms with Crippen LogP contribution < -0.4 is 5.32 Å². The maximum Gasteiger partial charge on any atom is 0.0837 e. The van der Waals surface area contributed by atoms with Gasteiger partial charge in [-0.05, 0) is 36.8 Å². The summed E-state index contributed by atoms with van der Waals surface area (Å²) >= 11 is 5.20. The van der Waals surface area contributed by atoms with Gasteiger partial charge >= 0.3 is 0 Å². The molecule has 0 aliphatic rings. The number of halogens is 1. The summed E-state index contributed by atoms with van der Waals surface area (Å²) in [6.45, 7) is 2.24. The molecule has 1 aromatic heterocycles. The molecular formula is C14H16BrNOS. The molecule has 1 heterocycles. The highest BCUT2D eigenvalue weighted by Gasteiger charge is 2.12. The van der Waals surface area contributed by atoms with Gasteiger partial charge in [-0.3, -0.25) is 0 Å². The average Bonchev–Trinajstić information content (AvgIpc) is 2.84. The van der Waals surface area contributed by atoms with Crippen LogP contribution in [0.3, 0.4) is 0 Å². The van der Waals surface area contributed by atoms with Crippen LogP contribution in [0.15, 0.2) is 40.9 Å². The van der Waals surface area contributed by atoms with Crippen LogP contribution in [0, 0.1) is 0 Å². The number of aliphatic hydroxyl groups excluding tert-OH is 1. The van der Waals surface area contributed by atoms with Crippen molar-refractivity contribution in [2.75, 3.05) is 11.9 Å². The van der Waals surface area contributed by atoms with Crippen molar-refractivity contribution in [1.82, 2.24) is 0 Å². The number of rotatable bonds is 5. The summed E-state index contributed by atoms with van der Waals surface area (Å²) in [6.07, 6.45) is 1.04. The van der Waals surface area contributed by atoms with Crippen molar-refractivity contribution in [2.45, 2.75) is 19.4 Å². The minimum atomic E-state index is -0.0374. The van der Waals surface area contributed by atoms with Gasteiger partial charge in [-0.2, -0.15) is 0 Å². The summed E-state index contributed by atoms with van der Waals surface area (Å²) in [5, 5.41) is 12.9. The van der Waals surface area contributed by atoms with Crippen molar-refractivity contribution in [3.8, 4) is 0 Å². The maximum absolute atomic E-state index is 9.52. The molecule has 18 heavy (non-hydrogen) atoms. The topological polar surface area (TPSA) is 32.3 Å². The van der Waals surface area contributed by atoms with Gasteiger partial charge in [0, 0.05) is 19.9 Å². The van der Waals surface area contributed by atoms with Crippen LogP contribution >= 0.6 is 27.3 Å². The SMILES string of the molecule is CCc1ccc(C(CO)Nc2cccc(Br)c2)s1. The molecule has 2 rings (SSSR count). The van der Waals surface area contributed by atoms with Gasteiger partial charge in [0.25, 0.3) is 0 Å². The predicted molar refractivity (Wildman–Crippen MR) is 81.3 cm³/mol. The molecule has 0 saturated carbocycles. The second-order valence-corrected chi connectivity index (χ2v) is 6.16. The molecule has 0 fully saturated rings. The Morgan fingerprint density at radius 1 is 1.33 bits per heavy atom. The first-order valence-electron chi connectivity index (χ1n) is 5.94. The third-order valence-electron chi connectivity index (χ3n) is 2.72. The molecule has 2 nitrogen and oxygen atoms in total. The van der Waals surface area contributed by atoms with Gasteiger partial charge in [0.15, 0.2) is 0 Å². The second kappa shape index (κ2) is 6.36. The molecule has 1 aromatic carbocycles. The number of hydrogen-bond acceptors (Lipinski definition) is 3. The first-order valence-corrected chi connectivity index (χ1v) is 7.55. The first kappa shape index (κ1) is 13.6. The third kappa shape index (κ3) is 3.34. The van der Waals surface area contributed by atoms with Gasteiger partial charge < -0.3 is 10.4 Å². The Morgan fingerprint density at radius 2 is 2.17 bits per heavy atom. The van der Waals surface area contributed by atoms with E-state index in [0.29, 0.717) is 0 Å². The molecule has 0 aliphatic heterocycles. The van der Waals surface area contributed by atoms with Crippen molar-refractivity contribution in [3.63, 3.8) is 0 Å². The van der Waals surface area contributed by atoms with E-state index in [2.05, 4.69) is 40.3 Å². The van der Waals surface area contributed by atoms with Gasteiger partial charge in [0.1, 0.15) is 0 Å². The van der Waals surface area contributed by atoms with Crippen molar-refractivity contribution in [1.29, 1.82) is 0 Å². The van der Waals surface area contributed by atoms with Gasteiger partial charge in [0.05, 0.1) is 12.6 Å². The van der Waals surface area contributed by atoms with Crippen molar-refractivity contribution in [3.05, 3.63) is 50.6 Å². The fourth-order valence-corrected chi connectivity index (χ4v) is 3.15. The number of aryl methyl sites for hydroxylation is 1. The number of benzene rings is 1. The van der Waals surface area contributed by atoms with Crippen molar-refractivity contribution in [2.24, 2.45) is 0 Å². The van der Waals surface area contributed by atoms with E-state index >= 15 is 0 Å². The molecule has 0 aliphatic carbocycles. The molecule has 1 unspecified atom stereocenters. The van der Waals surface area contributed by atoms with E-state index in [0.717, 1.165) is 16.6 Å². The van der Waals surface area contributed by atoms with Crippen LogP contribution in [-0.2, 0) is 6.42 Å². The summed E-state index contributed by atoms with van der Waals surface area (Å²) in [5.41, 5.74) is 1.01. The average molecular weight is 326 g/mol. The van der Waals surface area contributed by atoms with Gasteiger partial charge in [-0.25, -0.2) is 0 Å². The van der Waals surface area contributed by atoms with Crippen LogP contribution in [0.4, 0.5) is 5.69 Å². The van der Waals surface area contributed by atoms with Crippen LogP contribution in [-0.4, -0.2) is 11.7 Å². The zero-order chi connectivity index (χ0) is 13.0. The van der Waals surface area contributed by atoms with E-state index in [4.69, 9.17) is 0 Å². The lowest BCUT2D eigenvalue weighted by Gasteiger charge is -2.16. The molecule has 2 N–H and O–H groups in total. The van der Waals surface area contributed by atoms with E-state index in [1.807, 2.05) is 24.3 Å². The molecule has 0 saturated heterocycles. The van der Waals surface area contributed by atoms with Gasteiger partial charge in [0.2, 0.25) is 0 Å². The predicted octanol–water partition coefficient (Wildman–Crippen LogP) is 4.22. The van der Waals surface area contributed by atoms with Gasteiger partial charge in [-0.1, -0.05) is 28.9 Å². The molecule has 0 radical (unpaired) electrons. The zero-order valence-electron chi connectivity index (χ0n) is 10.2. The fraction of sp³-hybridized carbons (Fsp3) is 0.286. The molecule has 1 atom stereocenters. The quantitative estimate of drug-likeness (QED) is 0.862. The summed E-state index contributed by atoms with van der Waals surface area (Å²) in [4.78, 5) is 2.52. The summed E-state index contributed by atoms with van der Waals surface area (Å²) in [5.74, 6) is 0. The minimum absolute atomic E-state index is 0.0374. The van der Waals surface area contributed by atoms with Crippen LogP contribution in [0.5, 0.6) is 0 Å². The lowest BCUT2D eigenvalue weighted by atomic mass is 10.2. The highest BCUT2D eigenvalue weighted by atomic mass is 79.9. The lowest BCUT2D eigenvalue weighted by Crippen LogP contribution is -2.13. The Morgan fingerprint density at radius 3 is 2.78 bits per heavy atom. The van der Waals surface area contributed by atoms with E-state index in [9.17, 15) is 5.11 Å². The van der Waals surface area contributed by atoms with E-state index in [1.54, 1.807) is 11.3 Å². The smallest absolute Gasteiger partial charge is 0.0837 e. The highest BCUT2D eigenvalue weighted by Crippen LogP contribution is 2.27. The summed E-state index contributed by atoms with van der Waals surface area (Å²) in [6, 6.07) is 12.2. The lowest BCUT2D eigenvalue weighted by molar-refractivity contribution is 0.278. The summed E-state index contributed by atoms with van der Waals surface area (Å²) < 4.78 is 1.03. The Kier molecular flexibility index (Phi) is 4.80.